The first-order valence-electron chi connectivity index (χ1n) is 8.67. The lowest BCUT2D eigenvalue weighted by molar-refractivity contribution is -0.158. The molecule has 0 saturated heterocycles. The van der Waals surface area contributed by atoms with Crippen LogP contribution in [0.4, 0.5) is 9.18 Å². The van der Waals surface area contributed by atoms with E-state index in [0.29, 0.717) is 24.0 Å². The summed E-state index contributed by atoms with van der Waals surface area (Å²) in [6, 6.07) is 2.37. The van der Waals surface area contributed by atoms with Crippen molar-refractivity contribution in [3.05, 3.63) is 41.7 Å². The predicted octanol–water partition coefficient (Wildman–Crippen LogP) is 3.51. The van der Waals surface area contributed by atoms with Gasteiger partial charge >= 0.3 is 12.1 Å². The lowest BCUT2D eigenvalue weighted by atomic mass is 9.80. The number of benzene rings is 1. The SMILES string of the molecule is C=CC[C@H]1Cc2cc(F)c(O)cc2[C@]1(C(=O)OC)N(C)C(=O)OC(C)(C)C. The van der Waals surface area contributed by atoms with Crippen LogP contribution in [0.1, 0.15) is 38.3 Å². The molecule has 0 fully saturated rings. The summed E-state index contributed by atoms with van der Waals surface area (Å²) < 4.78 is 24.4. The van der Waals surface area contributed by atoms with Crippen molar-refractivity contribution < 1.29 is 28.6 Å². The van der Waals surface area contributed by atoms with E-state index in [1.54, 1.807) is 26.8 Å². The molecule has 27 heavy (non-hydrogen) atoms. The quantitative estimate of drug-likeness (QED) is 0.640. The summed E-state index contributed by atoms with van der Waals surface area (Å²) >= 11 is 0. The number of halogens is 1. The van der Waals surface area contributed by atoms with Crippen LogP contribution in [0.5, 0.6) is 5.75 Å². The van der Waals surface area contributed by atoms with E-state index in [9.17, 15) is 19.1 Å². The molecule has 0 aliphatic heterocycles. The number of rotatable bonds is 4. The van der Waals surface area contributed by atoms with Gasteiger partial charge in [0.15, 0.2) is 17.1 Å². The van der Waals surface area contributed by atoms with Gasteiger partial charge in [0, 0.05) is 13.0 Å². The molecule has 1 aliphatic rings. The molecule has 0 aromatic heterocycles. The largest absolute Gasteiger partial charge is 0.505 e. The second-order valence-electron chi connectivity index (χ2n) is 7.68. The molecule has 0 bridgehead atoms. The summed E-state index contributed by atoms with van der Waals surface area (Å²) in [4.78, 5) is 27.0. The van der Waals surface area contributed by atoms with E-state index >= 15 is 0 Å². The molecule has 1 aromatic carbocycles. The van der Waals surface area contributed by atoms with Crippen LogP contribution in [0.25, 0.3) is 0 Å². The number of carbonyl (C=O) groups is 2. The Bertz CT molecular complexity index is 770. The van der Waals surface area contributed by atoms with Crippen molar-refractivity contribution in [3.63, 3.8) is 0 Å². The first-order chi connectivity index (χ1) is 12.5. The zero-order valence-electron chi connectivity index (χ0n) is 16.3. The van der Waals surface area contributed by atoms with Crippen LogP contribution in [0.2, 0.25) is 0 Å². The Morgan fingerprint density at radius 1 is 1.44 bits per heavy atom. The highest BCUT2D eigenvalue weighted by atomic mass is 19.1. The Balaban J connectivity index is 2.70. The Morgan fingerprint density at radius 3 is 2.59 bits per heavy atom. The van der Waals surface area contributed by atoms with E-state index in [1.165, 1.54) is 31.2 Å². The van der Waals surface area contributed by atoms with Crippen LogP contribution in [-0.2, 0) is 26.2 Å². The van der Waals surface area contributed by atoms with Gasteiger partial charge in [-0.15, -0.1) is 6.58 Å². The standard InChI is InChI=1S/C20H26FNO5/c1-7-8-13-9-12-10-15(21)16(23)11-14(12)20(13,17(24)26-6)22(5)18(25)27-19(2,3)4/h7,10-11,13,23H,1,8-9H2,2-6H3/t13-,20+/m0/s1. The molecule has 2 atom stereocenters. The maximum atomic E-state index is 13.9. The van der Waals surface area contributed by atoms with Gasteiger partial charge < -0.3 is 14.6 Å². The number of phenols is 1. The molecular formula is C20H26FNO5. The van der Waals surface area contributed by atoms with Crippen molar-refractivity contribution in [2.75, 3.05) is 14.2 Å². The summed E-state index contributed by atoms with van der Waals surface area (Å²) in [5.41, 5.74) is -1.49. The number of ether oxygens (including phenoxy) is 2. The van der Waals surface area contributed by atoms with E-state index in [2.05, 4.69) is 6.58 Å². The van der Waals surface area contributed by atoms with Gasteiger partial charge in [0.2, 0.25) is 0 Å². The van der Waals surface area contributed by atoms with Gasteiger partial charge in [-0.1, -0.05) is 6.08 Å². The summed E-state index contributed by atoms with van der Waals surface area (Å²) in [7, 11) is 2.66. The third-order valence-corrected chi connectivity index (χ3v) is 4.78. The Labute approximate surface area is 158 Å². The Hall–Kier alpha value is -2.57. The molecule has 1 amide bonds. The van der Waals surface area contributed by atoms with Gasteiger partial charge in [0.05, 0.1) is 7.11 Å². The van der Waals surface area contributed by atoms with Crippen LogP contribution >= 0.6 is 0 Å². The van der Waals surface area contributed by atoms with Crippen molar-refractivity contribution >= 4 is 12.1 Å². The molecule has 1 N–H and O–H groups in total. The monoisotopic (exact) mass is 379 g/mol. The van der Waals surface area contributed by atoms with E-state index in [4.69, 9.17) is 9.47 Å². The number of amides is 1. The highest BCUT2D eigenvalue weighted by Gasteiger charge is 2.58. The Kier molecular flexibility index (Phi) is 5.54. The highest BCUT2D eigenvalue weighted by Crippen LogP contribution is 2.49. The second-order valence-corrected chi connectivity index (χ2v) is 7.68. The van der Waals surface area contributed by atoms with Crippen LogP contribution in [0.3, 0.4) is 0 Å². The summed E-state index contributed by atoms with van der Waals surface area (Å²) in [5, 5.41) is 9.91. The number of phenolic OH excluding ortho intramolecular Hbond substituents is 1. The van der Waals surface area contributed by atoms with Gasteiger partial charge in [-0.05, 0) is 56.9 Å². The van der Waals surface area contributed by atoms with Crippen molar-refractivity contribution in [1.29, 1.82) is 0 Å². The predicted molar refractivity (Wildman–Crippen MR) is 97.8 cm³/mol. The number of aromatic hydroxyl groups is 1. The van der Waals surface area contributed by atoms with Gasteiger partial charge in [-0.3, -0.25) is 4.90 Å². The number of likely N-dealkylation sites (N-methyl/N-ethyl adjacent to an activating group) is 1. The molecule has 2 rings (SSSR count). The number of methoxy groups -OCH3 is 1. The number of esters is 1. The second kappa shape index (κ2) is 7.21. The molecule has 0 radical (unpaired) electrons. The lowest BCUT2D eigenvalue weighted by Gasteiger charge is -2.41. The fourth-order valence-electron chi connectivity index (χ4n) is 3.71. The fourth-order valence-corrected chi connectivity index (χ4v) is 3.71. The van der Waals surface area contributed by atoms with Crippen LogP contribution < -0.4 is 0 Å². The molecule has 0 saturated carbocycles. The number of hydrogen-bond donors (Lipinski definition) is 1. The number of allylic oxidation sites excluding steroid dienone is 1. The molecule has 148 valence electrons. The van der Waals surface area contributed by atoms with Crippen molar-refractivity contribution in [2.24, 2.45) is 5.92 Å². The van der Waals surface area contributed by atoms with Crippen molar-refractivity contribution in [1.82, 2.24) is 4.90 Å². The first-order valence-corrected chi connectivity index (χ1v) is 8.67. The number of carbonyl (C=O) groups excluding carboxylic acids is 2. The molecule has 6 nitrogen and oxygen atoms in total. The molecule has 0 heterocycles. The number of fused-ring (bicyclic) bond motifs is 1. The minimum atomic E-state index is -1.56. The molecule has 1 aliphatic carbocycles. The smallest absolute Gasteiger partial charge is 0.411 e. The summed E-state index contributed by atoms with van der Waals surface area (Å²) in [6.07, 6.45) is 1.60. The maximum Gasteiger partial charge on any atom is 0.411 e. The van der Waals surface area contributed by atoms with Gasteiger partial charge in [0.1, 0.15) is 5.60 Å². The van der Waals surface area contributed by atoms with Crippen molar-refractivity contribution in [2.45, 2.75) is 44.8 Å². The zero-order chi connectivity index (χ0) is 20.6. The third-order valence-electron chi connectivity index (χ3n) is 4.78. The van der Waals surface area contributed by atoms with Gasteiger partial charge in [0.25, 0.3) is 0 Å². The normalized spacial score (nSPS) is 21.3. The van der Waals surface area contributed by atoms with E-state index in [0.717, 1.165) is 0 Å². The summed E-state index contributed by atoms with van der Waals surface area (Å²) in [5.74, 6) is -2.52. The molecule has 7 heteroatoms. The van der Waals surface area contributed by atoms with Crippen LogP contribution in [0.15, 0.2) is 24.8 Å². The third kappa shape index (κ3) is 3.50. The first kappa shape index (κ1) is 20.7. The minimum Gasteiger partial charge on any atom is -0.505 e. The van der Waals surface area contributed by atoms with Crippen molar-refractivity contribution in [3.8, 4) is 5.75 Å². The fraction of sp³-hybridized carbons (Fsp3) is 0.500. The lowest BCUT2D eigenvalue weighted by Crippen LogP contribution is -2.57. The van der Waals surface area contributed by atoms with E-state index < -0.39 is 40.7 Å². The molecule has 1 aromatic rings. The van der Waals surface area contributed by atoms with Crippen LogP contribution in [0, 0.1) is 11.7 Å². The van der Waals surface area contributed by atoms with E-state index in [-0.39, 0.29) is 0 Å². The average Bonchev–Trinajstić information content (AvgIpc) is 2.86. The number of hydrogen-bond acceptors (Lipinski definition) is 5. The topological polar surface area (TPSA) is 76.1 Å². The zero-order valence-corrected chi connectivity index (χ0v) is 16.3. The number of nitrogens with zero attached hydrogens (tertiary/aromatic N) is 1. The Morgan fingerprint density at radius 2 is 2.07 bits per heavy atom. The van der Waals surface area contributed by atoms with Gasteiger partial charge in [-0.25, -0.2) is 14.0 Å². The van der Waals surface area contributed by atoms with E-state index in [1.807, 2.05) is 0 Å². The highest BCUT2D eigenvalue weighted by molar-refractivity contribution is 5.89. The molecular weight excluding hydrogens is 353 g/mol. The van der Waals surface area contributed by atoms with Gasteiger partial charge in [-0.2, -0.15) is 0 Å². The molecule has 0 spiro atoms. The molecule has 0 unspecified atom stereocenters. The minimum absolute atomic E-state index is 0.320. The average molecular weight is 379 g/mol. The summed E-state index contributed by atoms with van der Waals surface area (Å²) in [6.45, 7) is 8.88. The van der Waals surface area contributed by atoms with Crippen LogP contribution in [-0.4, -0.2) is 41.8 Å². The maximum absolute atomic E-state index is 13.9.